The van der Waals surface area contributed by atoms with Gasteiger partial charge in [-0.3, -0.25) is 9.69 Å². The molecule has 8 heteroatoms. The molecule has 2 rings (SSSR count). The molecule has 1 aromatic carbocycles. The van der Waals surface area contributed by atoms with Gasteiger partial charge in [0.2, 0.25) is 0 Å². The number of hydrogen-bond donors (Lipinski definition) is 2. The standard InChI is InChI=1S/C16H18Cl2N4O2/c17-13-2-1-3-14(15(13)18)21-11-12(10-19)16(23)20-4-5-22-6-8-24-9-7-22/h1-3,11,21H,4-9H2,(H,20,23)/b12-11-. The summed E-state index contributed by atoms with van der Waals surface area (Å²) in [6.45, 7) is 4.32. The first-order chi connectivity index (χ1) is 11.6. The SMILES string of the molecule is N#C/C(=C/Nc1cccc(Cl)c1Cl)C(=O)NCCN1CCOCC1. The van der Waals surface area contributed by atoms with E-state index in [-0.39, 0.29) is 5.57 Å². The number of carbonyl (C=O) groups excluding carboxylic acids is 1. The van der Waals surface area contributed by atoms with E-state index in [4.69, 9.17) is 33.2 Å². The Hall–Kier alpha value is -1.78. The predicted molar refractivity (Wildman–Crippen MR) is 94.0 cm³/mol. The van der Waals surface area contributed by atoms with Crippen molar-refractivity contribution in [2.45, 2.75) is 0 Å². The Morgan fingerprint density at radius 1 is 1.38 bits per heavy atom. The molecule has 0 aromatic heterocycles. The highest BCUT2D eigenvalue weighted by atomic mass is 35.5. The minimum atomic E-state index is -0.434. The monoisotopic (exact) mass is 368 g/mol. The first-order valence-electron chi connectivity index (χ1n) is 7.51. The molecule has 24 heavy (non-hydrogen) atoms. The molecule has 0 aliphatic carbocycles. The number of hydrogen-bond acceptors (Lipinski definition) is 5. The normalized spacial score (nSPS) is 15.6. The average molecular weight is 369 g/mol. The summed E-state index contributed by atoms with van der Waals surface area (Å²) >= 11 is 12.0. The van der Waals surface area contributed by atoms with Crippen LogP contribution < -0.4 is 10.6 Å². The quantitative estimate of drug-likeness (QED) is 0.594. The molecule has 1 amide bonds. The molecule has 128 valence electrons. The van der Waals surface area contributed by atoms with E-state index in [0.717, 1.165) is 19.6 Å². The van der Waals surface area contributed by atoms with Crippen LogP contribution in [0.3, 0.4) is 0 Å². The molecule has 1 saturated heterocycles. The van der Waals surface area contributed by atoms with E-state index >= 15 is 0 Å². The number of nitrogens with one attached hydrogen (secondary N) is 2. The van der Waals surface area contributed by atoms with Gasteiger partial charge in [-0.25, -0.2) is 0 Å². The Morgan fingerprint density at radius 3 is 2.83 bits per heavy atom. The van der Waals surface area contributed by atoms with Gasteiger partial charge in [-0.1, -0.05) is 29.3 Å². The molecule has 6 nitrogen and oxygen atoms in total. The van der Waals surface area contributed by atoms with Gasteiger partial charge in [0.1, 0.15) is 11.6 Å². The van der Waals surface area contributed by atoms with E-state index in [1.165, 1.54) is 6.20 Å². The zero-order valence-electron chi connectivity index (χ0n) is 13.0. The van der Waals surface area contributed by atoms with Crippen LogP contribution in [-0.4, -0.2) is 50.2 Å². The molecule has 0 radical (unpaired) electrons. The fourth-order valence-corrected chi connectivity index (χ4v) is 2.52. The molecule has 0 bridgehead atoms. The second-order valence-corrected chi connectivity index (χ2v) is 5.91. The Bertz CT molecular complexity index is 652. The Labute approximate surface area is 151 Å². The first-order valence-corrected chi connectivity index (χ1v) is 8.26. The zero-order chi connectivity index (χ0) is 17.4. The minimum absolute atomic E-state index is 0.0342. The third-order valence-corrected chi connectivity index (χ3v) is 4.32. The van der Waals surface area contributed by atoms with Crippen LogP contribution in [-0.2, 0) is 9.53 Å². The van der Waals surface area contributed by atoms with Crippen molar-refractivity contribution in [3.8, 4) is 6.07 Å². The Morgan fingerprint density at radius 2 is 2.12 bits per heavy atom. The van der Waals surface area contributed by atoms with E-state index in [1.807, 2.05) is 6.07 Å². The van der Waals surface area contributed by atoms with Crippen LogP contribution in [0.1, 0.15) is 0 Å². The summed E-state index contributed by atoms with van der Waals surface area (Å²) in [6.07, 6.45) is 1.32. The van der Waals surface area contributed by atoms with E-state index in [9.17, 15) is 4.79 Å². The van der Waals surface area contributed by atoms with Crippen molar-refractivity contribution in [2.24, 2.45) is 0 Å². The lowest BCUT2D eigenvalue weighted by Crippen LogP contribution is -2.41. The van der Waals surface area contributed by atoms with Gasteiger partial charge in [0.25, 0.3) is 5.91 Å². The van der Waals surface area contributed by atoms with Crippen molar-refractivity contribution in [1.82, 2.24) is 10.2 Å². The third kappa shape index (κ3) is 5.39. The molecule has 0 atom stereocenters. The molecular weight excluding hydrogens is 351 g/mol. The second kappa shape index (κ2) is 9.50. The second-order valence-electron chi connectivity index (χ2n) is 5.13. The van der Waals surface area contributed by atoms with Gasteiger partial charge >= 0.3 is 0 Å². The highest BCUT2D eigenvalue weighted by Crippen LogP contribution is 2.29. The van der Waals surface area contributed by atoms with E-state index in [2.05, 4.69) is 15.5 Å². The van der Waals surface area contributed by atoms with Gasteiger partial charge in [-0.05, 0) is 12.1 Å². The third-order valence-electron chi connectivity index (χ3n) is 3.51. The average Bonchev–Trinajstić information content (AvgIpc) is 2.60. The Kier molecular flexibility index (Phi) is 7.35. The molecule has 1 aliphatic rings. The number of anilines is 1. The van der Waals surface area contributed by atoms with Gasteiger partial charge < -0.3 is 15.4 Å². The largest absolute Gasteiger partial charge is 0.379 e. The van der Waals surface area contributed by atoms with Crippen molar-refractivity contribution >= 4 is 34.8 Å². The summed E-state index contributed by atoms with van der Waals surface area (Å²) in [6, 6.07) is 6.95. The number of morpholine rings is 1. The van der Waals surface area contributed by atoms with Crippen molar-refractivity contribution < 1.29 is 9.53 Å². The molecule has 1 fully saturated rings. The van der Waals surface area contributed by atoms with E-state index in [1.54, 1.807) is 18.2 Å². The van der Waals surface area contributed by atoms with E-state index in [0.29, 0.717) is 35.5 Å². The highest BCUT2D eigenvalue weighted by molar-refractivity contribution is 6.43. The number of carbonyl (C=O) groups is 1. The molecule has 1 aromatic rings. The molecule has 0 spiro atoms. The number of rotatable bonds is 6. The zero-order valence-corrected chi connectivity index (χ0v) is 14.5. The van der Waals surface area contributed by atoms with Crippen LogP contribution >= 0.6 is 23.2 Å². The topological polar surface area (TPSA) is 77.4 Å². The molecule has 1 heterocycles. The highest BCUT2D eigenvalue weighted by Gasteiger charge is 2.12. The summed E-state index contributed by atoms with van der Waals surface area (Å²) in [5.74, 6) is -0.434. The van der Waals surface area contributed by atoms with Crippen LogP contribution in [0.25, 0.3) is 0 Å². The van der Waals surface area contributed by atoms with Crippen molar-refractivity contribution in [1.29, 1.82) is 5.26 Å². The Balaban J connectivity index is 1.86. The summed E-state index contributed by atoms with van der Waals surface area (Å²) < 4.78 is 5.27. The number of ether oxygens (including phenoxy) is 1. The predicted octanol–water partition coefficient (Wildman–Crippen LogP) is 2.26. The van der Waals surface area contributed by atoms with Crippen molar-refractivity contribution in [3.05, 3.63) is 40.0 Å². The van der Waals surface area contributed by atoms with Crippen LogP contribution in [0.5, 0.6) is 0 Å². The van der Waals surface area contributed by atoms with Crippen LogP contribution in [0.2, 0.25) is 10.0 Å². The fraction of sp³-hybridized carbons (Fsp3) is 0.375. The summed E-state index contributed by atoms with van der Waals surface area (Å²) in [5, 5.41) is 15.4. The number of amides is 1. The molecule has 1 aliphatic heterocycles. The summed E-state index contributed by atoms with van der Waals surface area (Å²) in [4.78, 5) is 14.2. The van der Waals surface area contributed by atoms with Gasteiger partial charge in [0.15, 0.2) is 0 Å². The molecule has 0 saturated carbocycles. The maximum absolute atomic E-state index is 12.0. The van der Waals surface area contributed by atoms with Crippen LogP contribution in [0.15, 0.2) is 30.0 Å². The van der Waals surface area contributed by atoms with Crippen LogP contribution in [0.4, 0.5) is 5.69 Å². The molecular formula is C16H18Cl2N4O2. The maximum Gasteiger partial charge on any atom is 0.263 e. The lowest BCUT2D eigenvalue weighted by atomic mass is 10.2. The van der Waals surface area contributed by atoms with Crippen molar-refractivity contribution in [2.75, 3.05) is 44.7 Å². The lowest BCUT2D eigenvalue weighted by molar-refractivity contribution is -0.117. The minimum Gasteiger partial charge on any atom is -0.379 e. The summed E-state index contributed by atoms with van der Waals surface area (Å²) in [7, 11) is 0. The van der Waals surface area contributed by atoms with Gasteiger partial charge in [-0.2, -0.15) is 5.26 Å². The lowest BCUT2D eigenvalue weighted by Gasteiger charge is -2.26. The summed E-state index contributed by atoms with van der Waals surface area (Å²) in [5.41, 5.74) is 0.492. The first kappa shape index (κ1) is 18.6. The maximum atomic E-state index is 12.0. The van der Waals surface area contributed by atoms with Gasteiger partial charge in [0, 0.05) is 32.4 Å². The van der Waals surface area contributed by atoms with Crippen LogP contribution in [0, 0.1) is 11.3 Å². The van der Waals surface area contributed by atoms with E-state index < -0.39 is 5.91 Å². The number of halogens is 2. The molecule has 0 unspecified atom stereocenters. The number of benzene rings is 1. The molecule has 2 N–H and O–H groups in total. The fourth-order valence-electron chi connectivity index (χ4n) is 2.16. The van der Waals surface area contributed by atoms with Crippen molar-refractivity contribution in [3.63, 3.8) is 0 Å². The number of nitriles is 1. The van der Waals surface area contributed by atoms with Gasteiger partial charge in [0.05, 0.1) is 28.9 Å². The van der Waals surface area contributed by atoms with Gasteiger partial charge in [-0.15, -0.1) is 0 Å². The smallest absolute Gasteiger partial charge is 0.263 e. The number of nitrogens with zero attached hydrogens (tertiary/aromatic N) is 2.